The van der Waals surface area contributed by atoms with Crippen molar-refractivity contribution in [3.8, 4) is 0 Å². The SMILES string of the molecule is C[C@H](CCN[C@@H]1CCC[C@@H](C(F)(F)F)C1)[S@@](C)=O. The summed E-state index contributed by atoms with van der Waals surface area (Å²) in [7, 11) is -0.858. The largest absolute Gasteiger partial charge is 0.391 e. The Morgan fingerprint density at radius 2 is 2.06 bits per heavy atom. The second-order valence-electron chi connectivity index (χ2n) is 5.15. The minimum absolute atomic E-state index is 0.0390. The van der Waals surface area contributed by atoms with Crippen LogP contribution in [0.5, 0.6) is 0 Å². The Hall–Kier alpha value is -0.100. The van der Waals surface area contributed by atoms with Crippen LogP contribution in [0.15, 0.2) is 0 Å². The summed E-state index contributed by atoms with van der Waals surface area (Å²) in [5.74, 6) is -1.15. The van der Waals surface area contributed by atoms with Gasteiger partial charge in [-0.25, -0.2) is 0 Å². The van der Waals surface area contributed by atoms with Crippen LogP contribution in [0.25, 0.3) is 0 Å². The molecule has 18 heavy (non-hydrogen) atoms. The highest BCUT2D eigenvalue weighted by Gasteiger charge is 2.41. The van der Waals surface area contributed by atoms with Crippen LogP contribution in [0.2, 0.25) is 0 Å². The lowest BCUT2D eigenvalue weighted by Crippen LogP contribution is -2.39. The highest BCUT2D eigenvalue weighted by atomic mass is 32.2. The Balaban J connectivity index is 2.29. The van der Waals surface area contributed by atoms with Crippen molar-refractivity contribution in [3.63, 3.8) is 0 Å². The Morgan fingerprint density at radius 3 is 2.61 bits per heavy atom. The predicted molar refractivity (Wildman–Crippen MR) is 67.9 cm³/mol. The Kier molecular flexibility index (Phi) is 6.11. The minimum Gasteiger partial charge on any atom is -0.314 e. The molecule has 1 fully saturated rings. The van der Waals surface area contributed by atoms with Crippen molar-refractivity contribution < 1.29 is 17.4 Å². The fourth-order valence-electron chi connectivity index (χ4n) is 2.33. The molecule has 1 N–H and O–H groups in total. The molecule has 2 nitrogen and oxygen atoms in total. The molecule has 1 rings (SSSR count). The van der Waals surface area contributed by atoms with E-state index in [1.165, 1.54) is 0 Å². The summed E-state index contributed by atoms with van der Waals surface area (Å²) >= 11 is 0. The lowest BCUT2D eigenvalue weighted by molar-refractivity contribution is -0.183. The van der Waals surface area contributed by atoms with Gasteiger partial charge in [0.2, 0.25) is 0 Å². The van der Waals surface area contributed by atoms with Gasteiger partial charge in [-0.3, -0.25) is 4.21 Å². The molecule has 0 amide bonds. The topological polar surface area (TPSA) is 29.1 Å². The first-order chi connectivity index (χ1) is 8.30. The zero-order valence-corrected chi connectivity index (χ0v) is 11.7. The van der Waals surface area contributed by atoms with E-state index >= 15 is 0 Å². The smallest absolute Gasteiger partial charge is 0.314 e. The van der Waals surface area contributed by atoms with Gasteiger partial charge in [-0.1, -0.05) is 13.3 Å². The number of halogens is 3. The van der Waals surface area contributed by atoms with E-state index in [2.05, 4.69) is 5.32 Å². The van der Waals surface area contributed by atoms with Gasteiger partial charge < -0.3 is 5.32 Å². The average molecular weight is 285 g/mol. The van der Waals surface area contributed by atoms with Gasteiger partial charge >= 0.3 is 6.18 Å². The zero-order chi connectivity index (χ0) is 13.8. The summed E-state index contributed by atoms with van der Waals surface area (Å²) in [4.78, 5) is 0. The fraction of sp³-hybridized carbons (Fsp3) is 1.00. The standard InChI is InChI=1S/C12H22F3NOS/c1-9(18(2)17)6-7-16-11-5-3-4-10(8-11)12(13,14)15/h9-11,16H,3-8H2,1-2H3/t9-,10-,11-,18-/m1/s1. The van der Waals surface area contributed by atoms with Crippen molar-refractivity contribution in [2.24, 2.45) is 5.92 Å². The van der Waals surface area contributed by atoms with Gasteiger partial charge in [0.25, 0.3) is 0 Å². The molecule has 0 unspecified atom stereocenters. The van der Waals surface area contributed by atoms with Gasteiger partial charge in [0.15, 0.2) is 0 Å². The molecular weight excluding hydrogens is 263 g/mol. The molecule has 0 bridgehead atoms. The van der Waals surface area contributed by atoms with Crippen LogP contribution in [-0.4, -0.2) is 34.5 Å². The average Bonchev–Trinajstić information content (AvgIpc) is 2.28. The van der Waals surface area contributed by atoms with Crippen LogP contribution >= 0.6 is 0 Å². The molecule has 0 aliphatic heterocycles. The van der Waals surface area contributed by atoms with E-state index in [-0.39, 0.29) is 24.1 Å². The fourth-order valence-corrected chi connectivity index (χ4v) is 2.78. The molecule has 0 heterocycles. The van der Waals surface area contributed by atoms with Crippen molar-refractivity contribution in [2.75, 3.05) is 12.8 Å². The van der Waals surface area contributed by atoms with Crippen molar-refractivity contribution in [2.45, 2.75) is 56.5 Å². The maximum Gasteiger partial charge on any atom is 0.391 e. The van der Waals surface area contributed by atoms with Crippen LogP contribution < -0.4 is 5.32 Å². The Morgan fingerprint density at radius 1 is 1.39 bits per heavy atom. The van der Waals surface area contributed by atoms with E-state index in [4.69, 9.17) is 0 Å². The minimum atomic E-state index is -4.06. The summed E-state index contributed by atoms with van der Waals surface area (Å²) in [5.41, 5.74) is 0. The predicted octanol–water partition coefficient (Wildman–Crippen LogP) is 2.85. The summed E-state index contributed by atoms with van der Waals surface area (Å²) in [5, 5.41) is 3.27. The normalized spacial score (nSPS) is 28.9. The molecule has 1 aliphatic carbocycles. The third-order valence-corrected chi connectivity index (χ3v) is 5.06. The first-order valence-corrected chi connectivity index (χ1v) is 8.05. The van der Waals surface area contributed by atoms with Gasteiger partial charge in [-0.2, -0.15) is 13.2 Å². The number of rotatable bonds is 5. The molecule has 1 aliphatic rings. The lowest BCUT2D eigenvalue weighted by atomic mass is 9.85. The van der Waals surface area contributed by atoms with Crippen LogP contribution in [-0.2, 0) is 10.8 Å². The van der Waals surface area contributed by atoms with Crippen molar-refractivity contribution in [1.82, 2.24) is 5.32 Å². The van der Waals surface area contributed by atoms with Crippen molar-refractivity contribution in [3.05, 3.63) is 0 Å². The molecular formula is C12H22F3NOS. The van der Waals surface area contributed by atoms with Gasteiger partial charge in [0.05, 0.1) is 5.92 Å². The number of hydrogen-bond acceptors (Lipinski definition) is 2. The summed E-state index contributed by atoms with van der Waals surface area (Å²) in [6, 6.07) is -0.0390. The van der Waals surface area contributed by atoms with Crippen LogP contribution in [0.3, 0.4) is 0 Å². The van der Waals surface area contributed by atoms with Gasteiger partial charge in [0, 0.05) is 28.3 Å². The van der Waals surface area contributed by atoms with Crippen LogP contribution in [0, 0.1) is 5.92 Å². The molecule has 1 saturated carbocycles. The second kappa shape index (κ2) is 6.89. The number of nitrogens with one attached hydrogen (secondary N) is 1. The maximum absolute atomic E-state index is 12.6. The summed E-state index contributed by atoms with van der Waals surface area (Å²) in [6.45, 7) is 2.55. The van der Waals surface area contributed by atoms with Gasteiger partial charge in [-0.05, 0) is 32.2 Å². The first kappa shape index (κ1) is 16.0. The molecule has 0 saturated heterocycles. The highest BCUT2D eigenvalue weighted by molar-refractivity contribution is 7.84. The van der Waals surface area contributed by atoms with E-state index in [1.54, 1.807) is 6.26 Å². The lowest BCUT2D eigenvalue weighted by Gasteiger charge is -2.31. The molecule has 0 radical (unpaired) electrons. The molecule has 0 aromatic carbocycles. The maximum atomic E-state index is 12.6. The van der Waals surface area contributed by atoms with Gasteiger partial charge in [0.1, 0.15) is 0 Å². The molecule has 108 valence electrons. The Bertz CT molecular complexity index is 283. The van der Waals surface area contributed by atoms with E-state index in [1.807, 2.05) is 6.92 Å². The molecule has 0 aromatic heterocycles. The van der Waals surface area contributed by atoms with E-state index < -0.39 is 22.9 Å². The quantitative estimate of drug-likeness (QED) is 0.841. The van der Waals surface area contributed by atoms with Crippen LogP contribution in [0.1, 0.15) is 39.0 Å². The van der Waals surface area contributed by atoms with Crippen LogP contribution in [0.4, 0.5) is 13.2 Å². The number of hydrogen-bond donors (Lipinski definition) is 1. The van der Waals surface area contributed by atoms with E-state index in [0.29, 0.717) is 13.0 Å². The number of alkyl halides is 3. The monoisotopic (exact) mass is 285 g/mol. The van der Waals surface area contributed by atoms with E-state index in [9.17, 15) is 17.4 Å². The van der Waals surface area contributed by atoms with Crippen molar-refractivity contribution in [1.29, 1.82) is 0 Å². The zero-order valence-electron chi connectivity index (χ0n) is 10.9. The molecule has 0 spiro atoms. The van der Waals surface area contributed by atoms with Gasteiger partial charge in [-0.15, -0.1) is 0 Å². The van der Waals surface area contributed by atoms with E-state index in [0.717, 1.165) is 12.8 Å². The van der Waals surface area contributed by atoms with Crippen molar-refractivity contribution >= 4 is 10.8 Å². The Labute approximate surface area is 109 Å². The highest BCUT2D eigenvalue weighted by Crippen LogP contribution is 2.37. The first-order valence-electron chi connectivity index (χ1n) is 6.43. The second-order valence-corrected chi connectivity index (χ2v) is 6.96. The third kappa shape index (κ3) is 5.26. The summed E-state index contributed by atoms with van der Waals surface area (Å²) < 4.78 is 49.0. The molecule has 0 aromatic rings. The third-order valence-electron chi connectivity index (χ3n) is 3.69. The molecule has 6 heteroatoms. The summed E-state index contributed by atoms with van der Waals surface area (Å²) in [6.07, 6.45) is 0.247. The molecule has 4 atom stereocenters.